The van der Waals surface area contributed by atoms with Gasteiger partial charge in [0.2, 0.25) is 5.82 Å². The fraction of sp³-hybridized carbons (Fsp3) is 0.417. The van der Waals surface area contributed by atoms with Gasteiger partial charge >= 0.3 is 0 Å². The van der Waals surface area contributed by atoms with Crippen molar-refractivity contribution in [3.8, 4) is 28.6 Å². The summed E-state index contributed by atoms with van der Waals surface area (Å²) in [5.41, 5.74) is 4.08. The van der Waals surface area contributed by atoms with Gasteiger partial charge in [0.25, 0.3) is 12.3 Å². The van der Waals surface area contributed by atoms with Crippen molar-refractivity contribution in [3.05, 3.63) is 53.1 Å². The molecule has 162 valence electrons. The molecule has 0 amide bonds. The van der Waals surface area contributed by atoms with Gasteiger partial charge in [0.15, 0.2) is 0 Å². The summed E-state index contributed by atoms with van der Waals surface area (Å²) in [5, 5.41) is 7.67. The summed E-state index contributed by atoms with van der Waals surface area (Å²) in [6, 6.07) is 10.9. The zero-order valence-corrected chi connectivity index (χ0v) is 17.6. The number of aromatic nitrogens is 2. The number of halogens is 2. The van der Waals surface area contributed by atoms with E-state index < -0.39 is 6.43 Å². The van der Waals surface area contributed by atoms with Crippen LogP contribution >= 0.6 is 0 Å². The van der Waals surface area contributed by atoms with E-state index in [9.17, 15) is 8.78 Å². The smallest absolute Gasteiger partial charge is 0.267 e. The first-order valence-corrected chi connectivity index (χ1v) is 10.7. The Hall–Kier alpha value is -2.80. The number of benzene rings is 2. The zero-order valence-electron chi connectivity index (χ0n) is 17.6. The third kappa shape index (κ3) is 3.51. The van der Waals surface area contributed by atoms with E-state index in [-0.39, 0.29) is 28.7 Å². The van der Waals surface area contributed by atoms with Gasteiger partial charge in [-0.15, -0.1) is 0 Å². The van der Waals surface area contributed by atoms with Gasteiger partial charge in [0.1, 0.15) is 5.75 Å². The number of hydrogen-bond donors (Lipinski definition) is 1. The standard InChI is InChI=1S/C24H25F2N3O2/c1-14(2)30-20-7-6-15(12-18(20)21(25)26)23-28-22(29-31-23)17-4-3-5-19-16(17)8-9-24(19)10-11-27-13-24/h3-7,12,14,21,27H,8-11,13H2,1-2H3. The third-order valence-electron chi connectivity index (χ3n) is 6.37. The van der Waals surface area contributed by atoms with Crippen molar-refractivity contribution in [2.24, 2.45) is 0 Å². The molecule has 1 atom stereocenters. The lowest BCUT2D eigenvalue weighted by Crippen LogP contribution is -2.25. The first-order chi connectivity index (χ1) is 15.0. The summed E-state index contributed by atoms with van der Waals surface area (Å²) < 4.78 is 38.2. The summed E-state index contributed by atoms with van der Waals surface area (Å²) in [4.78, 5) is 4.56. The molecule has 2 heterocycles. The highest BCUT2D eigenvalue weighted by molar-refractivity contribution is 5.67. The number of rotatable bonds is 5. The van der Waals surface area contributed by atoms with Crippen LogP contribution in [0, 0.1) is 0 Å². The Morgan fingerprint density at radius 2 is 2.03 bits per heavy atom. The van der Waals surface area contributed by atoms with Gasteiger partial charge in [0.05, 0.1) is 11.7 Å². The Bertz CT molecular complexity index is 1100. The molecule has 0 radical (unpaired) electrons. The molecule has 1 N–H and O–H groups in total. The summed E-state index contributed by atoms with van der Waals surface area (Å²) in [7, 11) is 0. The second kappa shape index (κ2) is 7.71. The molecule has 1 aliphatic heterocycles. The minimum atomic E-state index is -2.66. The van der Waals surface area contributed by atoms with Gasteiger partial charge in [-0.2, -0.15) is 4.98 Å². The van der Waals surface area contributed by atoms with Crippen molar-refractivity contribution in [1.29, 1.82) is 0 Å². The van der Waals surface area contributed by atoms with Crippen LogP contribution in [0.4, 0.5) is 8.78 Å². The van der Waals surface area contributed by atoms with Crippen molar-refractivity contribution in [3.63, 3.8) is 0 Å². The molecule has 1 fully saturated rings. The molecule has 31 heavy (non-hydrogen) atoms. The summed E-state index contributed by atoms with van der Waals surface area (Å²) >= 11 is 0. The minimum absolute atomic E-state index is 0.171. The van der Waals surface area contributed by atoms with E-state index in [0.717, 1.165) is 37.9 Å². The molecule has 7 heteroatoms. The summed E-state index contributed by atoms with van der Waals surface area (Å²) in [5.74, 6) is 0.890. The van der Waals surface area contributed by atoms with Crippen LogP contribution in [-0.2, 0) is 11.8 Å². The van der Waals surface area contributed by atoms with Gasteiger partial charge in [-0.05, 0) is 69.0 Å². The predicted octanol–water partition coefficient (Wildman–Crippen LogP) is 5.31. The first kappa shape index (κ1) is 20.1. The van der Waals surface area contributed by atoms with Crippen molar-refractivity contribution < 1.29 is 18.0 Å². The maximum absolute atomic E-state index is 13.6. The Labute approximate surface area is 179 Å². The van der Waals surface area contributed by atoms with Crippen LogP contribution in [0.3, 0.4) is 0 Å². The maximum Gasteiger partial charge on any atom is 0.267 e. The van der Waals surface area contributed by atoms with E-state index in [1.54, 1.807) is 19.9 Å². The number of nitrogens with one attached hydrogen (secondary N) is 1. The molecule has 1 saturated heterocycles. The third-order valence-corrected chi connectivity index (χ3v) is 6.37. The van der Waals surface area contributed by atoms with Crippen LogP contribution in [0.25, 0.3) is 22.8 Å². The Balaban J connectivity index is 1.49. The number of nitrogens with zero attached hydrogens (tertiary/aromatic N) is 2. The van der Waals surface area contributed by atoms with Crippen LogP contribution < -0.4 is 10.1 Å². The van der Waals surface area contributed by atoms with Crippen LogP contribution in [0.5, 0.6) is 5.75 Å². The predicted molar refractivity (Wildman–Crippen MR) is 113 cm³/mol. The monoisotopic (exact) mass is 425 g/mol. The Morgan fingerprint density at radius 3 is 2.77 bits per heavy atom. The van der Waals surface area contributed by atoms with Gasteiger partial charge in [-0.1, -0.05) is 23.4 Å². The maximum atomic E-state index is 13.6. The second-order valence-electron chi connectivity index (χ2n) is 8.68. The van der Waals surface area contributed by atoms with Crippen molar-refractivity contribution in [2.75, 3.05) is 13.1 Å². The van der Waals surface area contributed by atoms with Crippen molar-refractivity contribution in [2.45, 2.75) is 51.1 Å². The number of ether oxygens (including phenoxy) is 1. The quantitative estimate of drug-likeness (QED) is 0.601. The van der Waals surface area contributed by atoms with E-state index in [1.165, 1.54) is 23.3 Å². The van der Waals surface area contributed by atoms with Gasteiger partial charge < -0.3 is 14.6 Å². The van der Waals surface area contributed by atoms with Crippen LogP contribution in [0.15, 0.2) is 40.9 Å². The van der Waals surface area contributed by atoms with E-state index in [2.05, 4.69) is 21.5 Å². The first-order valence-electron chi connectivity index (χ1n) is 10.7. The molecule has 0 bridgehead atoms. The lowest BCUT2D eigenvalue weighted by atomic mass is 9.81. The van der Waals surface area contributed by atoms with Crippen LogP contribution in [0.2, 0.25) is 0 Å². The Morgan fingerprint density at radius 1 is 1.16 bits per heavy atom. The number of fused-ring (bicyclic) bond motifs is 2. The molecular weight excluding hydrogens is 400 g/mol. The van der Waals surface area contributed by atoms with E-state index in [0.29, 0.717) is 11.4 Å². The van der Waals surface area contributed by atoms with Gasteiger partial charge in [0, 0.05) is 23.1 Å². The highest BCUT2D eigenvalue weighted by atomic mass is 19.3. The fourth-order valence-corrected chi connectivity index (χ4v) is 4.91. The molecule has 2 aromatic carbocycles. The molecule has 2 aliphatic rings. The van der Waals surface area contributed by atoms with E-state index >= 15 is 0 Å². The average molecular weight is 425 g/mol. The SMILES string of the molecule is CC(C)Oc1ccc(-c2nc(-c3cccc4c3CCC43CCNC3)no2)cc1C(F)F. The summed E-state index contributed by atoms with van der Waals surface area (Å²) in [6.45, 7) is 5.65. The average Bonchev–Trinajstić information content (AvgIpc) is 3.49. The van der Waals surface area contributed by atoms with Crippen molar-refractivity contribution in [1.82, 2.24) is 15.5 Å². The lowest BCUT2D eigenvalue weighted by Gasteiger charge is -2.23. The molecule has 1 spiro atoms. The van der Waals surface area contributed by atoms with E-state index in [1.807, 2.05) is 12.1 Å². The van der Waals surface area contributed by atoms with E-state index in [4.69, 9.17) is 9.26 Å². The highest BCUT2D eigenvalue weighted by Gasteiger charge is 2.42. The molecule has 1 unspecified atom stereocenters. The molecule has 0 saturated carbocycles. The zero-order chi connectivity index (χ0) is 21.6. The molecule has 3 aromatic rings. The number of hydrogen-bond acceptors (Lipinski definition) is 5. The summed E-state index contributed by atoms with van der Waals surface area (Å²) in [6.07, 6.45) is 0.379. The molecule has 1 aliphatic carbocycles. The van der Waals surface area contributed by atoms with Gasteiger partial charge in [-0.3, -0.25) is 0 Å². The topological polar surface area (TPSA) is 60.2 Å². The fourth-order valence-electron chi connectivity index (χ4n) is 4.91. The molecular formula is C24H25F2N3O2. The van der Waals surface area contributed by atoms with Crippen molar-refractivity contribution >= 4 is 0 Å². The van der Waals surface area contributed by atoms with Gasteiger partial charge in [-0.25, -0.2) is 8.78 Å². The molecule has 5 rings (SSSR count). The molecule has 5 nitrogen and oxygen atoms in total. The Kier molecular flexibility index (Phi) is 5.01. The van der Waals surface area contributed by atoms with Crippen LogP contribution in [0.1, 0.15) is 49.8 Å². The van der Waals surface area contributed by atoms with Crippen LogP contribution in [-0.4, -0.2) is 29.3 Å². The minimum Gasteiger partial charge on any atom is -0.491 e. The second-order valence-corrected chi connectivity index (χ2v) is 8.68. The molecule has 1 aromatic heterocycles. The highest BCUT2D eigenvalue weighted by Crippen LogP contribution is 2.46. The number of alkyl halides is 2. The normalized spacial score (nSPS) is 20.2. The lowest BCUT2D eigenvalue weighted by molar-refractivity contribution is 0.141. The largest absolute Gasteiger partial charge is 0.491 e.